The molecule has 2 aromatic heterocycles. The lowest BCUT2D eigenvalue weighted by Gasteiger charge is -2.06. The zero-order chi connectivity index (χ0) is 13.3. The van der Waals surface area contributed by atoms with Crippen LogP contribution in [-0.4, -0.2) is 23.0 Å². The summed E-state index contributed by atoms with van der Waals surface area (Å²) in [4.78, 5) is 19.7. The molecular weight excluding hydrogens is 256 g/mol. The van der Waals surface area contributed by atoms with E-state index in [1.54, 1.807) is 19.3 Å². The molecule has 0 aliphatic carbocycles. The Bertz CT molecular complexity index is 607. The molecule has 0 radical (unpaired) electrons. The monoisotopic (exact) mass is 266 g/mol. The van der Waals surface area contributed by atoms with Crippen molar-refractivity contribution in [3.63, 3.8) is 0 Å². The summed E-state index contributed by atoms with van der Waals surface area (Å²) in [5.41, 5.74) is 1.79. The van der Waals surface area contributed by atoms with Gasteiger partial charge in [0, 0.05) is 5.56 Å². The third-order valence-corrected chi connectivity index (χ3v) is 2.67. The van der Waals surface area contributed by atoms with Crippen LogP contribution >= 0.6 is 11.6 Å². The zero-order valence-electron chi connectivity index (χ0n) is 10.2. The average molecular weight is 267 g/mol. The first-order valence-electron chi connectivity index (χ1n) is 5.21. The largest absolute Gasteiger partial charge is 0.469 e. The Hall–Kier alpha value is -1.88. The van der Waals surface area contributed by atoms with Gasteiger partial charge in [-0.15, -0.1) is 0 Å². The van der Waals surface area contributed by atoms with Gasteiger partial charge in [0.05, 0.1) is 12.8 Å². The number of hydrogen-bond donors (Lipinski definition) is 0. The minimum absolute atomic E-state index is 0.117. The minimum Gasteiger partial charge on any atom is -0.469 e. The molecule has 0 aliphatic rings. The Labute approximate surface area is 109 Å². The van der Waals surface area contributed by atoms with Crippen molar-refractivity contribution in [2.45, 2.75) is 13.8 Å². The number of rotatable bonds is 2. The highest BCUT2D eigenvalue weighted by atomic mass is 35.5. The Morgan fingerprint density at radius 2 is 2.11 bits per heavy atom. The molecule has 0 saturated heterocycles. The van der Waals surface area contributed by atoms with Crippen molar-refractivity contribution >= 4 is 17.6 Å². The fourth-order valence-electron chi connectivity index (χ4n) is 1.54. The van der Waals surface area contributed by atoms with Crippen molar-refractivity contribution in [2.24, 2.45) is 0 Å². The van der Waals surface area contributed by atoms with Gasteiger partial charge in [0.25, 0.3) is 0 Å². The van der Waals surface area contributed by atoms with Gasteiger partial charge in [-0.1, -0.05) is 11.6 Å². The molecule has 6 heteroatoms. The molecule has 0 fully saturated rings. The second-order valence-electron chi connectivity index (χ2n) is 3.73. The number of aromatic nitrogens is 2. The predicted octanol–water partition coefficient (Wildman–Crippen LogP) is 2.79. The molecule has 2 heterocycles. The Morgan fingerprint density at radius 1 is 1.39 bits per heavy atom. The molecule has 0 aromatic carbocycles. The molecule has 94 valence electrons. The minimum atomic E-state index is -0.558. The van der Waals surface area contributed by atoms with Gasteiger partial charge in [0.15, 0.2) is 10.8 Å². The Morgan fingerprint density at radius 3 is 2.67 bits per heavy atom. The van der Waals surface area contributed by atoms with Gasteiger partial charge in [0.2, 0.25) is 0 Å². The topological polar surface area (TPSA) is 65.2 Å². The Kier molecular flexibility index (Phi) is 3.34. The van der Waals surface area contributed by atoms with Crippen molar-refractivity contribution in [1.82, 2.24) is 9.97 Å². The maximum Gasteiger partial charge on any atom is 0.358 e. The number of nitrogens with zero attached hydrogens (tertiary/aromatic N) is 2. The van der Waals surface area contributed by atoms with Gasteiger partial charge >= 0.3 is 5.97 Å². The van der Waals surface area contributed by atoms with Crippen molar-refractivity contribution in [3.05, 3.63) is 34.6 Å². The smallest absolute Gasteiger partial charge is 0.358 e. The number of ether oxygens (including phenoxy) is 1. The summed E-state index contributed by atoms with van der Waals surface area (Å²) < 4.78 is 9.80. The molecule has 0 atom stereocenters. The van der Waals surface area contributed by atoms with Crippen molar-refractivity contribution in [1.29, 1.82) is 0 Å². The van der Waals surface area contributed by atoms with Gasteiger partial charge < -0.3 is 9.15 Å². The second-order valence-corrected chi connectivity index (χ2v) is 4.09. The van der Waals surface area contributed by atoms with Gasteiger partial charge in [-0.2, -0.15) is 0 Å². The lowest BCUT2D eigenvalue weighted by atomic mass is 10.2. The first-order chi connectivity index (χ1) is 8.52. The third-order valence-electron chi connectivity index (χ3n) is 2.41. The lowest BCUT2D eigenvalue weighted by molar-refractivity contribution is 0.0592. The van der Waals surface area contributed by atoms with Gasteiger partial charge in [-0.05, 0) is 19.9 Å². The molecular formula is C12H11ClN2O3. The van der Waals surface area contributed by atoms with Crippen LogP contribution in [0.25, 0.3) is 11.3 Å². The summed E-state index contributed by atoms with van der Waals surface area (Å²) >= 11 is 6.02. The number of hydrogen-bond acceptors (Lipinski definition) is 5. The fraction of sp³-hybridized carbons (Fsp3) is 0.250. The molecule has 0 amide bonds. The molecule has 0 aliphatic heterocycles. The van der Waals surface area contributed by atoms with Crippen molar-refractivity contribution in [2.75, 3.05) is 7.11 Å². The number of carbonyl (C=O) groups excluding carboxylic acids is 1. The molecule has 0 saturated carbocycles. The van der Waals surface area contributed by atoms with Crippen LogP contribution in [0.2, 0.25) is 5.15 Å². The van der Waals surface area contributed by atoms with Gasteiger partial charge in [-0.25, -0.2) is 14.8 Å². The van der Waals surface area contributed by atoms with Gasteiger partial charge in [0.1, 0.15) is 17.7 Å². The zero-order valence-corrected chi connectivity index (χ0v) is 10.9. The summed E-state index contributed by atoms with van der Waals surface area (Å²) in [6, 6.07) is 1.80. The highest BCUT2D eigenvalue weighted by Gasteiger charge is 2.18. The second kappa shape index (κ2) is 4.78. The van der Waals surface area contributed by atoms with Crippen LogP contribution in [0.5, 0.6) is 0 Å². The Balaban J connectivity index is 2.52. The summed E-state index contributed by atoms with van der Waals surface area (Å²) in [6.45, 7) is 3.49. The quantitative estimate of drug-likeness (QED) is 0.782. The van der Waals surface area contributed by atoms with Crippen LogP contribution in [0.15, 0.2) is 16.7 Å². The highest BCUT2D eigenvalue weighted by Crippen LogP contribution is 2.27. The van der Waals surface area contributed by atoms with Crippen LogP contribution < -0.4 is 0 Å². The van der Waals surface area contributed by atoms with E-state index in [0.717, 1.165) is 11.3 Å². The normalized spacial score (nSPS) is 10.4. The lowest BCUT2D eigenvalue weighted by Crippen LogP contribution is -2.09. The average Bonchev–Trinajstić information content (AvgIpc) is 2.77. The molecule has 2 aromatic rings. The van der Waals surface area contributed by atoms with E-state index in [0.29, 0.717) is 11.4 Å². The van der Waals surface area contributed by atoms with Gasteiger partial charge in [-0.3, -0.25) is 0 Å². The van der Waals surface area contributed by atoms with E-state index in [1.165, 1.54) is 7.11 Å². The van der Waals surface area contributed by atoms with E-state index < -0.39 is 5.97 Å². The number of halogens is 1. The van der Waals surface area contributed by atoms with Crippen LogP contribution in [-0.2, 0) is 4.74 Å². The van der Waals surface area contributed by atoms with Crippen molar-refractivity contribution in [3.8, 4) is 11.3 Å². The molecule has 0 bridgehead atoms. The van der Waals surface area contributed by atoms with Crippen molar-refractivity contribution < 1.29 is 13.9 Å². The van der Waals surface area contributed by atoms with Crippen LogP contribution in [0.3, 0.4) is 0 Å². The number of aryl methyl sites for hydroxylation is 2. The molecule has 0 spiro atoms. The van der Waals surface area contributed by atoms with E-state index in [4.69, 9.17) is 16.0 Å². The van der Waals surface area contributed by atoms with E-state index in [2.05, 4.69) is 14.7 Å². The van der Waals surface area contributed by atoms with Crippen LogP contribution in [0.4, 0.5) is 0 Å². The fourth-order valence-corrected chi connectivity index (χ4v) is 1.78. The number of furan rings is 1. The van der Waals surface area contributed by atoms with E-state index in [-0.39, 0.29) is 10.8 Å². The highest BCUT2D eigenvalue weighted by molar-refractivity contribution is 6.32. The maximum atomic E-state index is 11.4. The van der Waals surface area contributed by atoms with Crippen LogP contribution in [0, 0.1) is 13.8 Å². The summed E-state index contributed by atoms with van der Waals surface area (Å²) in [5.74, 6) is 0.189. The van der Waals surface area contributed by atoms with E-state index in [1.807, 2.05) is 6.92 Å². The standard InChI is InChI=1S/C12H11ClN2O3/c1-6-4-8(5-18-6)10-11(13)15-9(7(2)14-10)12(16)17-3/h4-5H,1-3H3. The third kappa shape index (κ3) is 2.22. The maximum absolute atomic E-state index is 11.4. The molecule has 5 nitrogen and oxygen atoms in total. The van der Waals surface area contributed by atoms with Crippen LogP contribution in [0.1, 0.15) is 21.9 Å². The molecule has 2 rings (SSSR count). The number of carbonyl (C=O) groups is 1. The molecule has 0 unspecified atom stereocenters. The van der Waals surface area contributed by atoms with E-state index >= 15 is 0 Å². The predicted molar refractivity (Wildman–Crippen MR) is 65.6 cm³/mol. The number of esters is 1. The molecule has 18 heavy (non-hydrogen) atoms. The summed E-state index contributed by atoms with van der Waals surface area (Å²) in [6.07, 6.45) is 1.54. The number of methoxy groups -OCH3 is 1. The first kappa shape index (κ1) is 12.6. The first-order valence-corrected chi connectivity index (χ1v) is 5.58. The summed E-state index contributed by atoms with van der Waals surface area (Å²) in [7, 11) is 1.28. The molecule has 0 N–H and O–H groups in total. The summed E-state index contributed by atoms with van der Waals surface area (Å²) in [5, 5.41) is 0.141. The van der Waals surface area contributed by atoms with E-state index in [9.17, 15) is 4.79 Å². The SMILES string of the molecule is COC(=O)c1nc(Cl)c(-c2coc(C)c2)nc1C.